The van der Waals surface area contributed by atoms with Gasteiger partial charge in [-0.15, -0.1) is 0 Å². The number of hydrogen-bond donors (Lipinski definition) is 1. The summed E-state index contributed by atoms with van der Waals surface area (Å²) in [5.41, 5.74) is 1.68. The molecule has 1 saturated heterocycles. The Morgan fingerprint density at radius 2 is 2.00 bits per heavy atom. The van der Waals surface area contributed by atoms with Gasteiger partial charge in [-0.25, -0.2) is 4.98 Å². The molecule has 0 saturated carbocycles. The van der Waals surface area contributed by atoms with Crippen LogP contribution in [-0.2, 0) is 19.1 Å². The number of allylic oxidation sites excluding steroid dienone is 4. The summed E-state index contributed by atoms with van der Waals surface area (Å²) in [6, 6.07) is 8.00. The number of carbonyl (C=O) groups is 3. The van der Waals surface area contributed by atoms with Crippen molar-refractivity contribution in [3.8, 4) is 5.75 Å². The van der Waals surface area contributed by atoms with Crippen molar-refractivity contribution in [3.63, 3.8) is 0 Å². The van der Waals surface area contributed by atoms with E-state index in [4.69, 9.17) is 9.47 Å². The number of carbonyl (C=O) groups excluding carboxylic acids is 3. The molecule has 1 N–H and O–H groups in total. The highest BCUT2D eigenvalue weighted by molar-refractivity contribution is 14.1. The molecule has 0 bridgehead atoms. The van der Waals surface area contributed by atoms with E-state index in [2.05, 4.69) is 4.98 Å². The third-order valence-corrected chi connectivity index (χ3v) is 8.91. The van der Waals surface area contributed by atoms with E-state index in [-0.39, 0.29) is 35.3 Å². The van der Waals surface area contributed by atoms with Crippen molar-refractivity contribution in [1.82, 2.24) is 9.55 Å². The van der Waals surface area contributed by atoms with E-state index in [1.54, 1.807) is 20.0 Å². The number of halogens is 1. The van der Waals surface area contributed by atoms with Gasteiger partial charge in [-0.3, -0.25) is 14.4 Å². The lowest BCUT2D eigenvalue weighted by atomic mass is 9.84. The topological polar surface area (TPSA) is 108 Å². The maximum Gasteiger partial charge on any atom is 0.309 e. The molecule has 8 nitrogen and oxygen atoms in total. The van der Waals surface area contributed by atoms with Crippen LogP contribution < -0.4 is 4.74 Å². The van der Waals surface area contributed by atoms with Gasteiger partial charge >= 0.3 is 5.97 Å². The minimum Gasteiger partial charge on any atom is -0.494 e. The summed E-state index contributed by atoms with van der Waals surface area (Å²) in [5.74, 6) is -0.611. The van der Waals surface area contributed by atoms with Gasteiger partial charge in [-0.1, -0.05) is 66.8 Å². The van der Waals surface area contributed by atoms with Crippen LogP contribution in [0, 0.1) is 17.8 Å². The van der Waals surface area contributed by atoms with Crippen molar-refractivity contribution >= 4 is 40.1 Å². The zero-order chi connectivity index (χ0) is 28.6. The van der Waals surface area contributed by atoms with Crippen molar-refractivity contribution in [2.75, 3.05) is 13.2 Å². The Balaban J connectivity index is 1.29. The van der Waals surface area contributed by atoms with Crippen LogP contribution in [0.2, 0.25) is 0 Å². The van der Waals surface area contributed by atoms with E-state index >= 15 is 0 Å². The molecule has 214 valence electrons. The quantitative estimate of drug-likeness (QED) is 0.126. The van der Waals surface area contributed by atoms with Gasteiger partial charge < -0.3 is 19.1 Å². The summed E-state index contributed by atoms with van der Waals surface area (Å²) < 4.78 is 11.6. The number of hydrogen-bond acceptors (Lipinski definition) is 7. The summed E-state index contributed by atoms with van der Waals surface area (Å²) >= 11 is 1.99. The van der Waals surface area contributed by atoms with Crippen LogP contribution in [0.5, 0.6) is 5.75 Å². The van der Waals surface area contributed by atoms with Crippen LogP contribution in [0.15, 0.2) is 66.8 Å². The van der Waals surface area contributed by atoms with E-state index in [9.17, 15) is 19.5 Å². The molecular weight excluding hydrogens is 623 g/mol. The van der Waals surface area contributed by atoms with Gasteiger partial charge in [0.15, 0.2) is 5.78 Å². The second-order valence-electron chi connectivity index (χ2n) is 10.7. The Bertz CT molecular complexity index is 1220. The molecule has 2 heterocycles. The zero-order valence-electron chi connectivity index (χ0n) is 22.9. The Morgan fingerprint density at radius 3 is 2.60 bits per heavy atom. The van der Waals surface area contributed by atoms with Crippen LogP contribution in [0.25, 0.3) is 0 Å². The molecule has 1 aliphatic heterocycles. The van der Waals surface area contributed by atoms with Crippen LogP contribution in [-0.4, -0.2) is 49.3 Å². The number of ketones is 2. The molecule has 40 heavy (non-hydrogen) atoms. The fourth-order valence-electron chi connectivity index (χ4n) is 5.10. The normalized spacial score (nSPS) is 21.0. The van der Waals surface area contributed by atoms with E-state index in [1.165, 1.54) is 17.1 Å². The Hall–Kier alpha value is -2.79. The van der Waals surface area contributed by atoms with Crippen molar-refractivity contribution in [1.29, 1.82) is 0 Å². The zero-order valence-corrected chi connectivity index (χ0v) is 25.1. The van der Waals surface area contributed by atoms with Crippen molar-refractivity contribution in [3.05, 3.63) is 72.4 Å². The smallest absolute Gasteiger partial charge is 0.309 e. The molecule has 1 aromatic carbocycles. The standard InChI is InChI=1S/C31H37IN2O6/c1-20(2)28(35)26(30(37)34-16-15-33-19-34)27(32)29(36)23-8-6-21(7-9-23)22-10-12-25(13-11-22)39-17-4-3-5-24-14-18-40-31(24)38/h6,8-13,15-16,19-21,24,26-27,30,37H,3-5,7,14,17-18H2,1-2H3. The van der Waals surface area contributed by atoms with Gasteiger partial charge in [0.1, 0.15) is 17.8 Å². The number of aromatic nitrogens is 2. The van der Waals surface area contributed by atoms with E-state index in [1.807, 2.05) is 65.1 Å². The number of Topliss-reactive ketones (excluding diaryl/α,β-unsaturated/α-hetero) is 2. The highest BCUT2D eigenvalue weighted by Crippen LogP contribution is 2.34. The first-order valence-corrected chi connectivity index (χ1v) is 15.2. The van der Waals surface area contributed by atoms with Crippen LogP contribution in [0.1, 0.15) is 63.7 Å². The molecular formula is C31H37IN2O6. The van der Waals surface area contributed by atoms with Crippen molar-refractivity contribution < 1.29 is 29.0 Å². The minimum atomic E-state index is -1.17. The lowest BCUT2D eigenvalue weighted by Crippen LogP contribution is -2.39. The molecule has 0 spiro atoms. The number of aliphatic hydroxyl groups is 1. The van der Waals surface area contributed by atoms with Gasteiger partial charge in [-0.05, 0) is 49.8 Å². The average Bonchev–Trinajstić information content (AvgIpc) is 3.65. The van der Waals surface area contributed by atoms with E-state index in [0.717, 1.165) is 37.0 Å². The van der Waals surface area contributed by atoms with Crippen molar-refractivity contribution in [2.45, 2.75) is 62.0 Å². The molecule has 1 aromatic heterocycles. The Kier molecular flexibility index (Phi) is 10.7. The summed E-state index contributed by atoms with van der Waals surface area (Å²) in [5, 5.41) is 10.9. The van der Waals surface area contributed by atoms with Gasteiger partial charge in [0.25, 0.3) is 0 Å². The van der Waals surface area contributed by atoms with Gasteiger partial charge in [0, 0.05) is 29.8 Å². The van der Waals surface area contributed by atoms with Crippen LogP contribution in [0.4, 0.5) is 0 Å². The maximum atomic E-state index is 13.4. The van der Waals surface area contributed by atoms with Gasteiger partial charge in [-0.2, -0.15) is 0 Å². The average molecular weight is 661 g/mol. The summed E-state index contributed by atoms with van der Waals surface area (Å²) in [6.45, 7) is 4.71. The Labute approximate surface area is 249 Å². The number of rotatable bonds is 14. The molecule has 5 unspecified atom stereocenters. The summed E-state index contributed by atoms with van der Waals surface area (Å²) in [4.78, 5) is 41.9. The number of aliphatic hydroxyl groups excluding tert-OH is 1. The molecule has 9 heteroatoms. The minimum absolute atomic E-state index is 0.0494. The maximum absolute atomic E-state index is 13.4. The third-order valence-electron chi connectivity index (χ3n) is 7.57. The number of benzene rings is 1. The predicted molar refractivity (Wildman–Crippen MR) is 159 cm³/mol. The number of nitrogens with zero attached hydrogens (tertiary/aromatic N) is 2. The lowest BCUT2D eigenvalue weighted by molar-refractivity contribution is -0.141. The molecule has 1 fully saturated rings. The summed E-state index contributed by atoms with van der Waals surface area (Å²) in [7, 11) is 0. The number of unbranched alkanes of at least 4 members (excludes halogenated alkanes) is 1. The van der Waals surface area contributed by atoms with E-state index in [0.29, 0.717) is 25.2 Å². The highest BCUT2D eigenvalue weighted by atomic mass is 127. The fraction of sp³-hybridized carbons (Fsp3) is 0.484. The van der Waals surface area contributed by atoms with Crippen LogP contribution >= 0.6 is 22.6 Å². The largest absolute Gasteiger partial charge is 0.494 e. The number of ether oxygens (including phenoxy) is 2. The number of cyclic esters (lactones) is 1. The second-order valence-corrected chi connectivity index (χ2v) is 12.0. The van der Waals surface area contributed by atoms with E-state index < -0.39 is 16.1 Å². The number of alkyl halides is 1. The van der Waals surface area contributed by atoms with Crippen molar-refractivity contribution in [2.24, 2.45) is 17.8 Å². The van der Waals surface area contributed by atoms with Gasteiger partial charge in [0.05, 0.1) is 35.3 Å². The fourth-order valence-corrected chi connectivity index (χ4v) is 6.19. The van der Waals surface area contributed by atoms with Gasteiger partial charge in [0.2, 0.25) is 0 Å². The predicted octanol–water partition coefficient (Wildman–Crippen LogP) is 5.37. The third kappa shape index (κ3) is 7.48. The molecule has 0 amide bonds. The number of imidazole rings is 1. The SMILES string of the molecule is CC(C)C(=O)C(C(I)C(=O)C1=CCC(c2ccc(OCCCCC3CCOC3=O)cc2)C=C1)C(O)n1ccnc1. The van der Waals surface area contributed by atoms with Crippen LogP contribution in [0.3, 0.4) is 0 Å². The molecule has 2 aliphatic rings. The first kappa shape index (κ1) is 30.2. The molecule has 0 radical (unpaired) electrons. The first-order valence-electron chi connectivity index (χ1n) is 13.9. The summed E-state index contributed by atoms with van der Waals surface area (Å²) in [6.07, 6.45) is 13.3. The molecule has 1 aliphatic carbocycles. The molecule has 4 rings (SSSR count). The molecule has 5 atom stereocenters. The second kappa shape index (κ2) is 14.2. The lowest BCUT2D eigenvalue weighted by Gasteiger charge is -2.28. The monoisotopic (exact) mass is 660 g/mol. The molecule has 2 aromatic rings. The number of esters is 1. The first-order chi connectivity index (χ1) is 19.3. The Morgan fingerprint density at radius 1 is 1.23 bits per heavy atom. The highest BCUT2D eigenvalue weighted by Gasteiger charge is 2.39.